The Morgan fingerprint density at radius 3 is 2.79 bits per heavy atom. The summed E-state index contributed by atoms with van der Waals surface area (Å²) < 4.78 is 30.1. The molecule has 2 rings (SSSR count). The molecule has 3 atom stereocenters. The van der Waals surface area contributed by atoms with E-state index in [1.54, 1.807) is 13.2 Å². The van der Waals surface area contributed by atoms with Crippen molar-refractivity contribution in [1.29, 1.82) is 0 Å². The molecule has 6 heteroatoms. The Bertz CT molecular complexity index is 412. The van der Waals surface area contributed by atoms with Crippen LogP contribution in [0.3, 0.4) is 0 Å². The van der Waals surface area contributed by atoms with Crippen molar-refractivity contribution in [2.75, 3.05) is 20.3 Å². The van der Waals surface area contributed by atoms with E-state index < -0.39 is 0 Å². The fourth-order valence-electron chi connectivity index (χ4n) is 2.00. The molecule has 19 heavy (non-hydrogen) atoms. The third kappa shape index (κ3) is 3.89. The highest BCUT2D eigenvalue weighted by molar-refractivity contribution is 9.10. The fourth-order valence-corrected chi connectivity index (χ4v) is 2.45. The Labute approximate surface area is 120 Å². The largest absolute Gasteiger partial charge is 0.487 e. The van der Waals surface area contributed by atoms with Crippen molar-refractivity contribution in [2.45, 2.75) is 24.7 Å². The Kier molecular flexibility index (Phi) is 5.15. The van der Waals surface area contributed by atoms with E-state index >= 15 is 0 Å². The number of benzene rings is 1. The first-order chi connectivity index (χ1) is 9.10. The molecular formula is C13H17BrFNO3. The third-order valence-corrected chi connectivity index (χ3v) is 3.47. The van der Waals surface area contributed by atoms with E-state index in [9.17, 15) is 4.39 Å². The molecule has 106 valence electrons. The Morgan fingerprint density at radius 2 is 2.16 bits per heavy atom. The first-order valence-corrected chi connectivity index (χ1v) is 6.88. The summed E-state index contributed by atoms with van der Waals surface area (Å²) in [4.78, 5) is 0. The van der Waals surface area contributed by atoms with Gasteiger partial charge >= 0.3 is 0 Å². The van der Waals surface area contributed by atoms with E-state index in [0.717, 1.165) is 0 Å². The monoisotopic (exact) mass is 333 g/mol. The SMILES string of the molecule is COCCOC1C(N)CC1Oc1cc(F)cc(Br)c1. The van der Waals surface area contributed by atoms with Crippen molar-refractivity contribution >= 4 is 15.9 Å². The van der Waals surface area contributed by atoms with Gasteiger partial charge in [0.1, 0.15) is 23.8 Å². The number of methoxy groups -OCH3 is 1. The predicted octanol–water partition coefficient (Wildman–Crippen LogP) is 2.10. The van der Waals surface area contributed by atoms with Gasteiger partial charge in [-0.25, -0.2) is 4.39 Å². The number of rotatable bonds is 6. The van der Waals surface area contributed by atoms with Crippen molar-refractivity contribution < 1.29 is 18.6 Å². The first-order valence-electron chi connectivity index (χ1n) is 6.09. The minimum atomic E-state index is -0.343. The van der Waals surface area contributed by atoms with Gasteiger partial charge in [0.2, 0.25) is 0 Å². The second-order valence-corrected chi connectivity index (χ2v) is 5.40. The van der Waals surface area contributed by atoms with Crippen molar-refractivity contribution in [3.05, 3.63) is 28.5 Å². The molecule has 0 heterocycles. The van der Waals surface area contributed by atoms with Gasteiger partial charge in [-0.05, 0) is 12.1 Å². The summed E-state index contributed by atoms with van der Waals surface area (Å²) in [6.07, 6.45) is 0.393. The average molecular weight is 334 g/mol. The zero-order chi connectivity index (χ0) is 13.8. The zero-order valence-corrected chi connectivity index (χ0v) is 12.2. The van der Waals surface area contributed by atoms with E-state index in [2.05, 4.69) is 15.9 Å². The molecule has 1 fully saturated rings. The molecule has 3 unspecified atom stereocenters. The molecule has 0 aromatic heterocycles. The summed E-state index contributed by atoms with van der Waals surface area (Å²) in [6.45, 7) is 0.989. The maximum absolute atomic E-state index is 13.2. The summed E-state index contributed by atoms with van der Waals surface area (Å²) in [5.74, 6) is 0.133. The molecule has 1 aliphatic rings. The second-order valence-electron chi connectivity index (χ2n) is 4.49. The summed E-state index contributed by atoms with van der Waals surface area (Å²) >= 11 is 3.23. The van der Waals surface area contributed by atoms with Gasteiger partial charge in [0, 0.05) is 30.1 Å². The van der Waals surface area contributed by atoms with Crippen LogP contribution >= 0.6 is 15.9 Å². The maximum Gasteiger partial charge on any atom is 0.128 e. The molecule has 0 bridgehead atoms. The molecule has 1 aliphatic carbocycles. The number of halogens is 2. The van der Waals surface area contributed by atoms with Gasteiger partial charge in [0.05, 0.1) is 13.2 Å². The lowest BCUT2D eigenvalue weighted by atomic mass is 9.86. The normalized spacial score (nSPS) is 26.0. The highest BCUT2D eigenvalue weighted by Crippen LogP contribution is 2.29. The van der Waals surface area contributed by atoms with Gasteiger partial charge in [0.15, 0.2) is 0 Å². The first kappa shape index (κ1) is 14.7. The highest BCUT2D eigenvalue weighted by Gasteiger charge is 2.41. The van der Waals surface area contributed by atoms with Gasteiger partial charge in [-0.15, -0.1) is 0 Å². The van der Waals surface area contributed by atoms with E-state index in [-0.39, 0.29) is 24.1 Å². The lowest BCUT2D eigenvalue weighted by molar-refractivity contribution is -0.107. The Morgan fingerprint density at radius 1 is 1.37 bits per heavy atom. The minimum Gasteiger partial charge on any atom is -0.487 e. The fraction of sp³-hybridized carbons (Fsp3) is 0.538. The van der Waals surface area contributed by atoms with Gasteiger partial charge in [-0.1, -0.05) is 15.9 Å². The van der Waals surface area contributed by atoms with Gasteiger partial charge in [-0.2, -0.15) is 0 Å². The molecule has 0 aliphatic heterocycles. The molecular weight excluding hydrogens is 317 g/mol. The minimum absolute atomic E-state index is 0.0427. The summed E-state index contributed by atoms with van der Waals surface area (Å²) in [5, 5.41) is 0. The zero-order valence-electron chi connectivity index (χ0n) is 10.6. The molecule has 0 radical (unpaired) electrons. The lowest BCUT2D eigenvalue weighted by Crippen LogP contribution is -2.59. The molecule has 1 aromatic carbocycles. The number of nitrogens with two attached hydrogens (primary N) is 1. The lowest BCUT2D eigenvalue weighted by Gasteiger charge is -2.41. The molecule has 1 aromatic rings. The maximum atomic E-state index is 13.2. The topological polar surface area (TPSA) is 53.7 Å². The number of hydrogen-bond acceptors (Lipinski definition) is 4. The Hall–Kier alpha value is -0.690. The summed E-state index contributed by atoms with van der Waals surface area (Å²) in [7, 11) is 1.61. The van der Waals surface area contributed by atoms with Crippen LogP contribution in [0.2, 0.25) is 0 Å². The van der Waals surface area contributed by atoms with Crippen molar-refractivity contribution in [3.63, 3.8) is 0 Å². The second kappa shape index (κ2) is 6.65. The van der Waals surface area contributed by atoms with Gasteiger partial charge in [0.25, 0.3) is 0 Å². The number of hydrogen-bond donors (Lipinski definition) is 1. The van der Waals surface area contributed by atoms with Crippen molar-refractivity contribution in [1.82, 2.24) is 0 Å². The van der Waals surface area contributed by atoms with E-state index in [0.29, 0.717) is 29.9 Å². The van der Waals surface area contributed by atoms with Gasteiger partial charge < -0.3 is 19.9 Å². The third-order valence-electron chi connectivity index (χ3n) is 3.01. The van der Waals surface area contributed by atoms with Crippen LogP contribution in [0, 0.1) is 5.82 Å². The van der Waals surface area contributed by atoms with Crippen LogP contribution in [-0.2, 0) is 9.47 Å². The summed E-state index contributed by atoms with van der Waals surface area (Å²) in [5.41, 5.74) is 5.88. The molecule has 0 saturated heterocycles. The standard InChI is InChI=1S/C13H17BrFNO3/c1-17-2-3-18-13-11(16)7-12(13)19-10-5-8(14)4-9(15)6-10/h4-6,11-13H,2-3,7,16H2,1H3. The molecule has 2 N–H and O–H groups in total. The van der Waals surface area contributed by atoms with Crippen molar-refractivity contribution in [3.8, 4) is 5.75 Å². The average Bonchev–Trinajstić information content (AvgIpc) is 2.33. The smallest absolute Gasteiger partial charge is 0.128 e. The molecule has 0 amide bonds. The van der Waals surface area contributed by atoms with Crippen LogP contribution in [0.15, 0.2) is 22.7 Å². The van der Waals surface area contributed by atoms with Crippen molar-refractivity contribution in [2.24, 2.45) is 5.73 Å². The summed E-state index contributed by atoms with van der Waals surface area (Å²) in [6, 6.07) is 4.41. The van der Waals surface area contributed by atoms with Crippen LogP contribution in [0.1, 0.15) is 6.42 Å². The van der Waals surface area contributed by atoms with Crippen LogP contribution in [0.5, 0.6) is 5.75 Å². The Balaban J connectivity index is 1.91. The van der Waals surface area contributed by atoms with E-state index in [4.69, 9.17) is 19.9 Å². The van der Waals surface area contributed by atoms with Crippen LogP contribution in [0.25, 0.3) is 0 Å². The molecule has 1 saturated carbocycles. The quantitative estimate of drug-likeness (QED) is 0.810. The van der Waals surface area contributed by atoms with Crippen LogP contribution in [0.4, 0.5) is 4.39 Å². The number of ether oxygens (including phenoxy) is 3. The molecule has 0 spiro atoms. The van der Waals surface area contributed by atoms with E-state index in [1.165, 1.54) is 12.1 Å². The molecule has 4 nitrogen and oxygen atoms in total. The van der Waals surface area contributed by atoms with Gasteiger partial charge in [-0.3, -0.25) is 0 Å². The van der Waals surface area contributed by atoms with E-state index in [1.807, 2.05) is 0 Å². The predicted molar refractivity (Wildman–Crippen MR) is 72.7 cm³/mol. The highest BCUT2D eigenvalue weighted by atomic mass is 79.9. The van der Waals surface area contributed by atoms with Crippen LogP contribution in [-0.4, -0.2) is 38.6 Å². The van der Waals surface area contributed by atoms with Crippen LogP contribution < -0.4 is 10.5 Å².